The molecule has 6 rings (SSSR count). The van der Waals surface area contributed by atoms with Crippen LogP contribution in [0.1, 0.15) is 52.8 Å². The predicted octanol–water partition coefficient (Wildman–Crippen LogP) is 4.31. The number of carboxylic acid groups (broad SMARTS) is 1. The highest BCUT2D eigenvalue weighted by molar-refractivity contribution is 5.93. The van der Waals surface area contributed by atoms with Crippen molar-refractivity contribution in [2.75, 3.05) is 19.8 Å². The van der Waals surface area contributed by atoms with Gasteiger partial charge in [0, 0.05) is 30.2 Å². The number of ether oxygens (including phenoxy) is 3. The number of carboxylic acids is 1. The number of benzene rings is 1. The molecule has 1 fully saturated rings. The van der Waals surface area contributed by atoms with E-state index in [1.807, 2.05) is 36.1 Å². The molecule has 1 N–H and O–H groups in total. The molecule has 2 aliphatic heterocycles. The van der Waals surface area contributed by atoms with Gasteiger partial charge >= 0.3 is 5.97 Å². The van der Waals surface area contributed by atoms with Crippen LogP contribution in [0.25, 0.3) is 34.3 Å². The van der Waals surface area contributed by atoms with Crippen LogP contribution >= 0.6 is 0 Å². The zero-order valence-electron chi connectivity index (χ0n) is 20.5. The third kappa shape index (κ3) is 4.49. The number of pyridine rings is 1. The van der Waals surface area contributed by atoms with Crippen LogP contribution in [0.5, 0.6) is 5.75 Å². The van der Waals surface area contributed by atoms with Gasteiger partial charge < -0.3 is 19.3 Å². The Morgan fingerprint density at radius 1 is 1.11 bits per heavy atom. The second kappa shape index (κ2) is 9.79. The lowest BCUT2D eigenvalue weighted by atomic mass is 10.1. The molecule has 10 heteroatoms. The zero-order chi connectivity index (χ0) is 25.4. The Balaban J connectivity index is 1.51. The monoisotopic (exact) mass is 501 g/mol. The van der Waals surface area contributed by atoms with Gasteiger partial charge in [0.2, 0.25) is 0 Å². The predicted molar refractivity (Wildman–Crippen MR) is 136 cm³/mol. The van der Waals surface area contributed by atoms with Crippen LogP contribution in [0.15, 0.2) is 36.7 Å². The average Bonchev–Trinajstić information content (AvgIpc) is 3.47. The maximum atomic E-state index is 11.6. The van der Waals surface area contributed by atoms with Crippen LogP contribution in [-0.2, 0) is 23.1 Å². The van der Waals surface area contributed by atoms with Gasteiger partial charge in [0.25, 0.3) is 0 Å². The Morgan fingerprint density at radius 2 is 2.03 bits per heavy atom. The summed E-state index contributed by atoms with van der Waals surface area (Å²) in [4.78, 5) is 16.3. The molecule has 0 radical (unpaired) electrons. The Kier molecular flexibility index (Phi) is 6.19. The molecule has 1 unspecified atom stereocenters. The molecule has 0 aliphatic carbocycles. The molecule has 2 bridgehead atoms. The van der Waals surface area contributed by atoms with Crippen LogP contribution in [0.3, 0.4) is 0 Å². The summed E-state index contributed by atoms with van der Waals surface area (Å²) < 4.78 is 21.6. The van der Waals surface area contributed by atoms with Gasteiger partial charge in [-0.2, -0.15) is 10.2 Å². The molecule has 0 spiro atoms. The van der Waals surface area contributed by atoms with Crippen LogP contribution in [0.4, 0.5) is 0 Å². The summed E-state index contributed by atoms with van der Waals surface area (Å²) in [5.41, 5.74) is 5.14. The van der Waals surface area contributed by atoms with E-state index in [2.05, 4.69) is 5.10 Å². The number of fused-ring (bicyclic) bond motifs is 4. The topological polar surface area (TPSA) is 114 Å². The zero-order valence-corrected chi connectivity index (χ0v) is 20.5. The third-order valence-corrected chi connectivity index (χ3v) is 6.79. The van der Waals surface area contributed by atoms with E-state index in [-0.39, 0.29) is 18.4 Å². The van der Waals surface area contributed by atoms with E-state index in [0.29, 0.717) is 25.6 Å². The van der Waals surface area contributed by atoms with E-state index < -0.39 is 5.97 Å². The maximum Gasteiger partial charge on any atom is 0.335 e. The summed E-state index contributed by atoms with van der Waals surface area (Å²) in [7, 11) is 1.88. The molecule has 37 heavy (non-hydrogen) atoms. The van der Waals surface area contributed by atoms with Crippen LogP contribution in [-0.4, -0.2) is 55.4 Å². The quantitative estimate of drug-likeness (QED) is 0.432. The molecule has 0 saturated carbocycles. The second-order valence-electron chi connectivity index (χ2n) is 9.16. The largest absolute Gasteiger partial charge is 0.491 e. The summed E-state index contributed by atoms with van der Waals surface area (Å²) in [6.45, 7) is 1.63. The summed E-state index contributed by atoms with van der Waals surface area (Å²) >= 11 is 0. The van der Waals surface area contributed by atoms with E-state index in [4.69, 9.17) is 24.3 Å². The first kappa shape index (κ1) is 23.4. The fourth-order valence-electron chi connectivity index (χ4n) is 4.79. The van der Waals surface area contributed by atoms with Gasteiger partial charge in [-0.05, 0) is 49.6 Å². The van der Waals surface area contributed by atoms with Gasteiger partial charge in [0.15, 0.2) is 6.23 Å². The molecule has 4 aromatic rings. The second-order valence-corrected chi connectivity index (χ2v) is 9.16. The number of aryl methyl sites for hydroxylation is 1. The highest BCUT2D eigenvalue weighted by Gasteiger charge is 2.22. The molecule has 0 amide bonds. The van der Waals surface area contributed by atoms with E-state index in [1.165, 1.54) is 6.07 Å². The van der Waals surface area contributed by atoms with Crippen LogP contribution in [0.2, 0.25) is 0 Å². The van der Waals surface area contributed by atoms with Crippen molar-refractivity contribution in [3.63, 3.8) is 0 Å². The minimum Gasteiger partial charge on any atom is -0.491 e. The SMILES string of the molecule is Cn1ncc2c1COCCOc1cc(C(=O)O)ccc1/C=C/c1nn(C3CCCCO3)c3cnc-2cc13. The van der Waals surface area contributed by atoms with Gasteiger partial charge in [-0.25, -0.2) is 9.48 Å². The molecule has 10 nitrogen and oxygen atoms in total. The molecule has 190 valence electrons. The van der Waals surface area contributed by atoms with E-state index in [9.17, 15) is 9.90 Å². The third-order valence-electron chi connectivity index (χ3n) is 6.79. The van der Waals surface area contributed by atoms with Crippen LogP contribution in [0, 0.1) is 0 Å². The maximum absolute atomic E-state index is 11.6. The van der Waals surface area contributed by atoms with Crippen molar-refractivity contribution in [3.05, 3.63) is 59.2 Å². The molecular formula is C27H27N5O5. The number of aromatic nitrogens is 5. The lowest BCUT2D eigenvalue weighted by Gasteiger charge is -2.23. The smallest absolute Gasteiger partial charge is 0.335 e. The first-order valence-electron chi connectivity index (χ1n) is 12.4. The summed E-state index contributed by atoms with van der Waals surface area (Å²) in [6.07, 6.45) is 10.3. The van der Waals surface area contributed by atoms with Crippen molar-refractivity contribution in [1.29, 1.82) is 0 Å². The number of nitrogens with zero attached hydrogens (tertiary/aromatic N) is 5. The fourth-order valence-corrected chi connectivity index (χ4v) is 4.79. The number of carbonyl (C=O) groups is 1. The van der Waals surface area contributed by atoms with Crippen molar-refractivity contribution < 1.29 is 24.1 Å². The molecule has 3 aromatic heterocycles. The van der Waals surface area contributed by atoms with Gasteiger partial charge in [0.1, 0.15) is 12.4 Å². The van der Waals surface area contributed by atoms with E-state index in [1.54, 1.807) is 23.0 Å². The van der Waals surface area contributed by atoms with Crippen molar-refractivity contribution in [1.82, 2.24) is 24.5 Å². The minimum atomic E-state index is -1.01. The highest BCUT2D eigenvalue weighted by atomic mass is 16.5. The molecular weight excluding hydrogens is 474 g/mol. The highest BCUT2D eigenvalue weighted by Crippen LogP contribution is 2.32. The molecule has 5 heterocycles. The van der Waals surface area contributed by atoms with Gasteiger partial charge in [-0.3, -0.25) is 9.67 Å². The Labute approximate surface area is 213 Å². The lowest BCUT2D eigenvalue weighted by Crippen LogP contribution is -2.19. The fraction of sp³-hybridized carbons (Fsp3) is 0.333. The number of hydrogen-bond donors (Lipinski definition) is 1. The van der Waals surface area contributed by atoms with Crippen LogP contribution < -0.4 is 4.74 Å². The van der Waals surface area contributed by atoms with E-state index >= 15 is 0 Å². The average molecular weight is 502 g/mol. The number of aromatic carboxylic acids is 1. The normalized spacial score (nSPS) is 18.9. The van der Waals surface area contributed by atoms with Crippen molar-refractivity contribution in [3.8, 4) is 17.0 Å². The van der Waals surface area contributed by atoms with Crippen molar-refractivity contribution >= 4 is 29.0 Å². The standard InChI is InChI=1S/C27H27N5O5/c1-31-24-16-35-10-11-36-25-12-18(27(33)34)6-5-17(25)7-8-21-19-13-22(20(24)14-29-31)28-15-23(19)32(30-21)26-4-2-3-9-37-26/h5-8,12-15,26H,2-4,9-11,16H2,1H3,(H,33,34)/b8-7+. The first-order chi connectivity index (χ1) is 18.1. The van der Waals surface area contributed by atoms with Gasteiger partial charge in [-0.15, -0.1) is 0 Å². The first-order valence-corrected chi connectivity index (χ1v) is 12.4. The Hall–Kier alpha value is -4.02. The van der Waals surface area contributed by atoms with Crippen molar-refractivity contribution in [2.24, 2.45) is 7.05 Å². The lowest BCUT2D eigenvalue weighted by molar-refractivity contribution is -0.0367. The number of rotatable bonds is 2. The van der Waals surface area contributed by atoms with Crippen molar-refractivity contribution in [2.45, 2.75) is 32.1 Å². The summed E-state index contributed by atoms with van der Waals surface area (Å²) in [6, 6.07) is 6.88. The Morgan fingerprint density at radius 3 is 2.86 bits per heavy atom. The minimum absolute atomic E-state index is 0.146. The summed E-state index contributed by atoms with van der Waals surface area (Å²) in [5.74, 6) is -0.541. The summed E-state index contributed by atoms with van der Waals surface area (Å²) in [5, 5.41) is 19.8. The van der Waals surface area contributed by atoms with Gasteiger partial charge in [-0.1, -0.05) is 6.07 Å². The Bertz CT molecular complexity index is 1500. The molecule has 2 aliphatic rings. The van der Waals surface area contributed by atoms with Gasteiger partial charge in [0.05, 0.1) is 53.8 Å². The van der Waals surface area contributed by atoms with E-state index in [0.717, 1.165) is 58.4 Å². The number of hydrogen-bond acceptors (Lipinski definition) is 7. The molecule has 1 saturated heterocycles. The molecule has 1 aromatic carbocycles. The molecule has 1 atom stereocenters.